The normalized spacial score (nSPS) is 18.3. The van der Waals surface area contributed by atoms with Gasteiger partial charge >= 0.3 is 0 Å². The van der Waals surface area contributed by atoms with Crippen LogP contribution in [0.25, 0.3) is 0 Å². The summed E-state index contributed by atoms with van der Waals surface area (Å²) in [5.41, 5.74) is 7.01. The number of hydrogen-bond acceptors (Lipinski definition) is 3. The van der Waals surface area contributed by atoms with Crippen molar-refractivity contribution >= 4 is 5.78 Å². The molecule has 1 aromatic rings. The lowest BCUT2D eigenvalue weighted by Crippen LogP contribution is -2.44. The Morgan fingerprint density at radius 2 is 2.11 bits per heavy atom. The Labute approximate surface area is 112 Å². The first-order chi connectivity index (χ1) is 9.07. The number of aryl methyl sites for hydroxylation is 1. The second-order valence-corrected chi connectivity index (χ2v) is 5.27. The predicted molar refractivity (Wildman–Crippen MR) is 71.4 cm³/mol. The van der Waals surface area contributed by atoms with E-state index in [1.54, 1.807) is 6.07 Å². The second-order valence-electron chi connectivity index (χ2n) is 5.27. The summed E-state index contributed by atoms with van der Waals surface area (Å²) in [5.74, 6) is -0.200. The van der Waals surface area contributed by atoms with E-state index in [2.05, 4.69) is 0 Å². The lowest BCUT2D eigenvalue weighted by atomic mass is 9.74. The van der Waals surface area contributed by atoms with Crippen LogP contribution in [0.1, 0.15) is 24.0 Å². The van der Waals surface area contributed by atoms with Crippen LogP contribution in [0.4, 0.5) is 4.39 Å². The molecule has 1 saturated heterocycles. The number of ketones is 1. The maximum Gasteiger partial charge on any atom is 0.144 e. The van der Waals surface area contributed by atoms with Crippen molar-refractivity contribution in [3.63, 3.8) is 0 Å². The molecule has 2 N–H and O–H groups in total. The van der Waals surface area contributed by atoms with Gasteiger partial charge < -0.3 is 10.5 Å². The van der Waals surface area contributed by atoms with Crippen LogP contribution in [-0.4, -0.2) is 25.5 Å². The Morgan fingerprint density at radius 1 is 1.42 bits per heavy atom. The topological polar surface area (TPSA) is 52.3 Å². The molecule has 2 rings (SSSR count). The molecule has 104 valence electrons. The summed E-state index contributed by atoms with van der Waals surface area (Å²) in [7, 11) is 0. The highest BCUT2D eigenvalue weighted by Crippen LogP contribution is 2.32. The van der Waals surface area contributed by atoms with E-state index in [0.717, 1.165) is 11.1 Å². The van der Waals surface area contributed by atoms with Crippen LogP contribution in [0.5, 0.6) is 0 Å². The second kappa shape index (κ2) is 5.80. The average molecular weight is 265 g/mol. The van der Waals surface area contributed by atoms with Crippen molar-refractivity contribution in [2.45, 2.75) is 26.2 Å². The number of carbonyl (C=O) groups excluding carboxylic acids is 1. The molecule has 0 radical (unpaired) electrons. The maximum atomic E-state index is 13.3. The summed E-state index contributed by atoms with van der Waals surface area (Å²) in [6, 6.07) is 4.56. The Bertz CT molecular complexity index is 467. The standard InChI is InChI=1S/C15H20FNO2/c1-11-2-3-13(16)8-12(11)9-14(18)15(10-17)4-6-19-7-5-15/h2-3,8H,4-7,9-10,17H2,1H3. The Balaban J connectivity index is 2.17. The zero-order chi connectivity index (χ0) is 13.9. The highest BCUT2D eigenvalue weighted by atomic mass is 19.1. The number of benzene rings is 1. The summed E-state index contributed by atoms with van der Waals surface area (Å²) in [4.78, 5) is 12.5. The molecule has 1 aromatic carbocycles. The molecule has 0 atom stereocenters. The molecule has 19 heavy (non-hydrogen) atoms. The van der Waals surface area contributed by atoms with Gasteiger partial charge in [0, 0.05) is 31.6 Å². The van der Waals surface area contributed by atoms with Gasteiger partial charge in [-0.3, -0.25) is 4.79 Å². The number of rotatable bonds is 4. The van der Waals surface area contributed by atoms with Gasteiger partial charge in [-0.05, 0) is 43.0 Å². The molecule has 0 saturated carbocycles. The summed E-state index contributed by atoms with van der Waals surface area (Å²) in [5, 5.41) is 0. The SMILES string of the molecule is Cc1ccc(F)cc1CC(=O)C1(CN)CCOCC1. The number of ether oxygens (including phenoxy) is 1. The molecule has 0 aliphatic carbocycles. The zero-order valence-electron chi connectivity index (χ0n) is 11.2. The van der Waals surface area contributed by atoms with Crippen molar-refractivity contribution in [1.29, 1.82) is 0 Å². The molecular weight excluding hydrogens is 245 g/mol. The first kappa shape index (κ1) is 14.2. The van der Waals surface area contributed by atoms with Gasteiger partial charge in [0.2, 0.25) is 0 Å². The zero-order valence-corrected chi connectivity index (χ0v) is 11.2. The Hall–Kier alpha value is -1.26. The van der Waals surface area contributed by atoms with Crippen molar-refractivity contribution in [3.8, 4) is 0 Å². The number of halogens is 1. The minimum atomic E-state index is -0.489. The fourth-order valence-electron chi connectivity index (χ4n) is 2.55. The summed E-state index contributed by atoms with van der Waals surface area (Å²) in [6.45, 7) is 3.38. The molecule has 3 nitrogen and oxygen atoms in total. The molecular formula is C15H20FNO2. The third-order valence-corrected chi connectivity index (χ3v) is 4.09. The highest BCUT2D eigenvalue weighted by Gasteiger charge is 2.38. The largest absolute Gasteiger partial charge is 0.381 e. The van der Waals surface area contributed by atoms with E-state index in [1.807, 2.05) is 6.92 Å². The van der Waals surface area contributed by atoms with Crippen LogP contribution in [0, 0.1) is 18.2 Å². The van der Waals surface area contributed by atoms with E-state index >= 15 is 0 Å². The van der Waals surface area contributed by atoms with Gasteiger partial charge in [0.1, 0.15) is 11.6 Å². The highest BCUT2D eigenvalue weighted by molar-refractivity contribution is 5.87. The Kier molecular flexibility index (Phi) is 4.32. The molecule has 1 aliphatic rings. The fourth-order valence-corrected chi connectivity index (χ4v) is 2.55. The fraction of sp³-hybridized carbons (Fsp3) is 0.533. The molecule has 1 fully saturated rings. The van der Waals surface area contributed by atoms with E-state index in [1.165, 1.54) is 12.1 Å². The Morgan fingerprint density at radius 3 is 2.74 bits per heavy atom. The van der Waals surface area contributed by atoms with Crippen LogP contribution >= 0.6 is 0 Å². The van der Waals surface area contributed by atoms with E-state index in [-0.39, 0.29) is 18.0 Å². The lowest BCUT2D eigenvalue weighted by Gasteiger charge is -2.34. The van der Waals surface area contributed by atoms with Gasteiger partial charge in [-0.25, -0.2) is 4.39 Å². The minimum absolute atomic E-state index is 0.104. The minimum Gasteiger partial charge on any atom is -0.381 e. The quantitative estimate of drug-likeness (QED) is 0.906. The van der Waals surface area contributed by atoms with Crippen molar-refractivity contribution in [3.05, 3.63) is 35.1 Å². The van der Waals surface area contributed by atoms with Crippen LogP contribution in [0.3, 0.4) is 0 Å². The first-order valence-electron chi connectivity index (χ1n) is 6.63. The summed E-state index contributed by atoms with van der Waals surface area (Å²) < 4.78 is 18.6. The summed E-state index contributed by atoms with van der Waals surface area (Å²) in [6.07, 6.45) is 1.58. The molecule has 0 unspecified atom stereocenters. The van der Waals surface area contributed by atoms with E-state index < -0.39 is 5.41 Å². The van der Waals surface area contributed by atoms with Crippen LogP contribution in [0.2, 0.25) is 0 Å². The third-order valence-electron chi connectivity index (χ3n) is 4.09. The number of nitrogens with two attached hydrogens (primary N) is 1. The van der Waals surface area contributed by atoms with Crippen LogP contribution in [-0.2, 0) is 16.0 Å². The van der Waals surface area contributed by atoms with Crippen LogP contribution < -0.4 is 5.73 Å². The average Bonchev–Trinajstić information content (AvgIpc) is 2.43. The molecule has 4 heteroatoms. The van der Waals surface area contributed by atoms with E-state index in [4.69, 9.17) is 10.5 Å². The van der Waals surface area contributed by atoms with E-state index in [0.29, 0.717) is 32.6 Å². The number of carbonyl (C=O) groups is 1. The van der Waals surface area contributed by atoms with Crippen molar-refractivity contribution in [2.75, 3.05) is 19.8 Å². The number of hydrogen-bond donors (Lipinski definition) is 1. The number of Topliss-reactive ketones (excluding diaryl/α,β-unsaturated/α-hetero) is 1. The smallest absolute Gasteiger partial charge is 0.144 e. The van der Waals surface area contributed by atoms with Gasteiger partial charge in [0.05, 0.1) is 0 Å². The van der Waals surface area contributed by atoms with Crippen molar-refractivity contribution in [1.82, 2.24) is 0 Å². The molecule has 1 heterocycles. The summed E-state index contributed by atoms with van der Waals surface area (Å²) >= 11 is 0. The maximum absolute atomic E-state index is 13.3. The first-order valence-corrected chi connectivity index (χ1v) is 6.63. The lowest BCUT2D eigenvalue weighted by molar-refractivity contribution is -0.132. The van der Waals surface area contributed by atoms with E-state index in [9.17, 15) is 9.18 Å². The van der Waals surface area contributed by atoms with Gasteiger partial charge in [0.15, 0.2) is 0 Å². The van der Waals surface area contributed by atoms with Gasteiger partial charge in [-0.15, -0.1) is 0 Å². The third kappa shape index (κ3) is 3.01. The van der Waals surface area contributed by atoms with Gasteiger partial charge in [-0.2, -0.15) is 0 Å². The van der Waals surface area contributed by atoms with Crippen molar-refractivity contribution < 1.29 is 13.9 Å². The van der Waals surface area contributed by atoms with Gasteiger partial charge in [0.25, 0.3) is 0 Å². The monoisotopic (exact) mass is 265 g/mol. The van der Waals surface area contributed by atoms with Gasteiger partial charge in [-0.1, -0.05) is 6.07 Å². The molecule has 0 spiro atoms. The van der Waals surface area contributed by atoms with Crippen LogP contribution in [0.15, 0.2) is 18.2 Å². The molecule has 0 bridgehead atoms. The van der Waals surface area contributed by atoms with Crippen molar-refractivity contribution in [2.24, 2.45) is 11.1 Å². The molecule has 0 amide bonds. The molecule has 1 aliphatic heterocycles. The molecule has 0 aromatic heterocycles. The predicted octanol–water partition coefficient (Wildman–Crippen LogP) is 2.00.